The number of hydrogen-bond donors (Lipinski definition) is 1. The molecule has 9 heteroatoms. The number of likely N-dealkylation sites (N-methyl/N-ethyl adjacent to an activating group) is 1. The molecule has 0 heterocycles. The van der Waals surface area contributed by atoms with Gasteiger partial charge in [0.05, 0.1) is 34.4 Å². The van der Waals surface area contributed by atoms with Crippen molar-refractivity contribution in [1.29, 1.82) is 0 Å². The Morgan fingerprint density at radius 1 is 0.423 bits per heavy atom. The second kappa shape index (κ2) is 54.0. The number of nitrogens with zero attached hydrogens (tertiary/aromatic N) is 1. The van der Waals surface area contributed by atoms with E-state index in [2.05, 4.69) is 38.2 Å². The predicted octanol–water partition coefficient (Wildman–Crippen LogP) is 17.9. The zero-order valence-electron chi connectivity index (χ0n) is 47.7. The summed E-state index contributed by atoms with van der Waals surface area (Å²) in [6.45, 7) is 4.92. The third-order valence-electron chi connectivity index (χ3n) is 13.7. The van der Waals surface area contributed by atoms with E-state index in [0.29, 0.717) is 17.4 Å². The van der Waals surface area contributed by atoms with Gasteiger partial charge in [0.15, 0.2) is 6.10 Å². The molecule has 0 fully saturated rings. The second-order valence-electron chi connectivity index (χ2n) is 22.0. The van der Waals surface area contributed by atoms with Crippen molar-refractivity contribution < 1.29 is 42.9 Å². The Labute approximate surface area is 439 Å². The average Bonchev–Trinajstić information content (AvgIpc) is 3.34. The molecule has 0 aromatic heterocycles. The summed E-state index contributed by atoms with van der Waals surface area (Å²) in [5.74, 6) is -1.98. The number of carboxylic acids is 1. The smallest absolute Gasteiger partial charge is 0.361 e. The first-order valence-corrected chi connectivity index (χ1v) is 30.5. The number of carboxylic acid groups (broad SMARTS) is 1. The van der Waals surface area contributed by atoms with E-state index >= 15 is 0 Å². The van der Waals surface area contributed by atoms with Crippen LogP contribution in [-0.4, -0.2) is 87.4 Å². The number of ether oxygens (including phenoxy) is 4. The van der Waals surface area contributed by atoms with Crippen molar-refractivity contribution in [1.82, 2.24) is 0 Å². The number of quaternary nitrogens is 1. The van der Waals surface area contributed by atoms with Gasteiger partial charge >= 0.3 is 17.9 Å². The van der Waals surface area contributed by atoms with Crippen LogP contribution in [0, 0.1) is 0 Å². The van der Waals surface area contributed by atoms with Crippen LogP contribution in [0.4, 0.5) is 0 Å². The molecule has 9 nitrogen and oxygen atoms in total. The quantitative estimate of drug-likeness (QED) is 0.0211. The molecule has 0 spiro atoms. The van der Waals surface area contributed by atoms with E-state index in [0.717, 1.165) is 44.9 Å². The molecule has 2 unspecified atom stereocenters. The van der Waals surface area contributed by atoms with Gasteiger partial charge in [-0.2, -0.15) is 0 Å². The van der Waals surface area contributed by atoms with Crippen LogP contribution in [0.25, 0.3) is 0 Å². The Morgan fingerprint density at radius 2 is 0.761 bits per heavy atom. The van der Waals surface area contributed by atoms with Crippen molar-refractivity contribution in [2.24, 2.45) is 0 Å². The van der Waals surface area contributed by atoms with Crippen molar-refractivity contribution in [2.75, 3.05) is 47.5 Å². The minimum absolute atomic E-state index is 0.175. The summed E-state index contributed by atoms with van der Waals surface area (Å²) in [5, 5.41) is 9.70. The molecule has 0 saturated heterocycles. The van der Waals surface area contributed by atoms with Crippen LogP contribution in [0.3, 0.4) is 0 Å². The second-order valence-corrected chi connectivity index (χ2v) is 22.0. The van der Waals surface area contributed by atoms with Crippen LogP contribution in [0.15, 0.2) is 24.3 Å². The highest BCUT2D eigenvalue weighted by Gasteiger charge is 2.25. The number of carbonyl (C=O) groups excluding carboxylic acids is 2. The van der Waals surface area contributed by atoms with Crippen molar-refractivity contribution in [3.63, 3.8) is 0 Å². The van der Waals surface area contributed by atoms with Crippen LogP contribution < -0.4 is 0 Å². The Hall–Kier alpha value is -2.23. The highest BCUT2D eigenvalue weighted by atomic mass is 16.7. The number of rotatable bonds is 57. The van der Waals surface area contributed by atoms with Gasteiger partial charge in [-0.05, 0) is 44.9 Å². The van der Waals surface area contributed by atoms with Gasteiger partial charge in [-0.15, -0.1) is 0 Å². The lowest BCUT2D eigenvalue weighted by Gasteiger charge is -2.25. The summed E-state index contributed by atoms with van der Waals surface area (Å²) in [4.78, 5) is 37.4. The molecule has 1 N–H and O–H groups in total. The lowest BCUT2D eigenvalue weighted by Crippen LogP contribution is -2.40. The summed E-state index contributed by atoms with van der Waals surface area (Å²) in [6.07, 6.45) is 61.3. The maximum Gasteiger partial charge on any atom is 0.361 e. The van der Waals surface area contributed by atoms with E-state index in [1.165, 1.54) is 225 Å². The predicted molar refractivity (Wildman–Crippen MR) is 300 cm³/mol. The standard InChI is InChI=1S/C62H117NO8/c1-6-8-10-12-14-16-18-20-22-23-24-25-26-27-28-29-30-31-32-33-34-35-36-37-39-41-43-45-47-49-51-53-60(65)71-58(57-70-62(61(66)67)68-55-54-63(3,4)5)56-69-59(64)52-50-48-46-44-42-40-38-21-19-17-15-13-11-9-7-2/h18,20,23-24,58,62H,6-17,19,21-22,25-57H2,1-5H3/p+1/b20-18-,24-23-. The van der Waals surface area contributed by atoms with Crippen LogP contribution in [-0.2, 0) is 33.3 Å². The molecule has 2 atom stereocenters. The summed E-state index contributed by atoms with van der Waals surface area (Å²) < 4.78 is 22.9. The van der Waals surface area contributed by atoms with Crippen molar-refractivity contribution in [3.05, 3.63) is 24.3 Å². The van der Waals surface area contributed by atoms with Crippen molar-refractivity contribution in [3.8, 4) is 0 Å². The molecule has 0 bridgehead atoms. The maximum absolute atomic E-state index is 12.9. The van der Waals surface area contributed by atoms with E-state index < -0.39 is 18.4 Å². The first kappa shape index (κ1) is 68.8. The topological polar surface area (TPSA) is 108 Å². The SMILES string of the molecule is CCCCCCC/C=C\C/C=C\CCCCCCCCCCCCCCCCCCCCCC(=O)OC(COC(=O)CCCCCCCCCCCCCCCCC)COC(OCC[N+](C)(C)C)C(=O)O. The molecule has 0 aromatic rings. The molecule has 0 radical (unpaired) electrons. The molecule has 0 aliphatic heterocycles. The van der Waals surface area contributed by atoms with Crippen molar-refractivity contribution >= 4 is 17.9 Å². The molecular weight excluding hydrogens is 887 g/mol. The molecule has 0 rings (SSSR count). The molecule has 0 aromatic carbocycles. The van der Waals surface area contributed by atoms with Gasteiger partial charge in [0.25, 0.3) is 6.29 Å². The Morgan fingerprint density at radius 3 is 1.11 bits per heavy atom. The number of carbonyl (C=O) groups is 3. The van der Waals surface area contributed by atoms with Gasteiger partial charge in [-0.1, -0.05) is 263 Å². The van der Waals surface area contributed by atoms with Crippen molar-refractivity contribution in [2.45, 2.75) is 309 Å². The van der Waals surface area contributed by atoms with Gasteiger partial charge in [0.1, 0.15) is 13.2 Å². The first-order valence-electron chi connectivity index (χ1n) is 30.5. The maximum atomic E-state index is 12.9. The Kier molecular flexibility index (Phi) is 52.3. The van der Waals surface area contributed by atoms with Crippen LogP contribution in [0.1, 0.15) is 296 Å². The number of unbranched alkanes of at least 4 members (excludes halogenated alkanes) is 38. The van der Waals surface area contributed by atoms with Crippen LogP contribution in [0.5, 0.6) is 0 Å². The van der Waals surface area contributed by atoms with E-state index in [-0.39, 0.29) is 38.2 Å². The molecule has 0 aliphatic rings. The average molecular weight is 1010 g/mol. The molecule has 0 aliphatic carbocycles. The highest BCUT2D eigenvalue weighted by molar-refractivity contribution is 5.71. The van der Waals surface area contributed by atoms with Gasteiger partial charge in [0, 0.05) is 12.8 Å². The fourth-order valence-electron chi connectivity index (χ4n) is 8.99. The summed E-state index contributed by atoms with van der Waals surface area (Å²) >= 11 is 0. The highest BCUT2D eigenvalue weighted by Crippen LogP contribution is 2.18. The van der Waals surface area contributed by atoms with E-state index in [4.69, 9.17) is 18.9 Å². The minimum atomic E-state index is -1.51. The summed E-state index contributed by atoms with van der Waals surface area (Å²) in [5.41, 5.74) is 0. The van der Waals surface area contributed by atoms with Gasteiger partial charge in [-0.3, -0.25) is 9.59 Å². The number of esters is 2. The summed E-state index contributed by atoms with van der Waals surface area (Å²) in [7, 11) is 5.98. The van der Waals surface area contributed by atoms with Gasteiger partial charge in [-0.25, -0.2) is 4.79 Å². The van der Waals surface area contributed by atoms with Gasteiger partial charge < -0.3 is 28.5 Å². The number of allylic oxidation sites excluding steroid dienone is 4. The fourth-order valence-corrected chi connectivity index (χ4v) is 8.99. The van der Waals surface area contributed by atoms with Crippen LogP contribution >= 0.6 is 0 Å². The molecule has 0 amide bonds. The largest absolute Gasteiger partial charge is 0.477 e. The third kappa shape index (κ3) is 55.4. The van der Waals surface area contributed by atoms with E-state index in [1.807, 2.05) is 21.1 Å². The number of hydrogen-bond acceptors (Lipinski definition) is 7. The van der Waals surface area contributed by atoms with E-state index in [9.17, 15) is 19.5 Å². The lowest BCUT2D eigenvalue weighted by molar-refractivity contribution is -0.870. The van der Waals surface area contributed by atoms with E-state index in [1.54, 1.807) is 0 Å². The molecular formula is C62H118NO8+. The molecule has 71 heavy (non-hydrogen) atoms. The monoisotopic (exact) mass is 1000 g/mol. The zero-order valence-corrected chi connectivity index (χ0v) is 47.7. The minimum Gasteiger partial charge on any atom is -0.477 e. The molecule has 418 valence electrons. The lowest BCUT2D eigenvalue weighted by atomic mass is 10.0. The zero-order chi connectivity index (χ0) is 52.0. The number of aliphatic carboxylic acids is 1. The molecule has 0 saturated carbocycles. The first-order chi connectivity index (χ1) is 34.6. The fraction of sp³-hybridized carbons (Fsp3) is 0.887. The van der Waals surface area contributed by atoms with Crippen LogP contribution in [0.2, 0.25) is 0 Å². The third-order valence-corrected chi connectivity index (χ3v) is 13.7. The Balaban J connectivity index is 4.08. The van der Waals surface area contributed by atoms with Gasteiger partial charge in [0.2, 0.25) is 0 Å². The summed E-state index contributed by atoms with van der Waals surface area (Å²) in [6, 6.07) is 0. The Bertz CT molecular complexity index is 1210. The normalized spacial score (nSPS) is 12.9.